The second-order valence-electron chi connectivity index (χ2n) is 4.85. The number of nitrogen functional groups attached to an aromatic ring is 1. The van der Waals surface area contributed by atoms with E-state index < -0.39 is 17.5 Å². The molecule has 1 aromatic carbocycles. The molecular weight excluding hydrogens is 262 g/mol. The number of halogens is 2. The van der Waals surface area contributed by atoms with Gasteiger partial charge in [-0.3, -0.25) is 4.79 Å². The molecule has 0 radical (unpaired) electrons. The number of carbonyl (C=O) groups is 1. The number of rotatable bonds is 7. The minimum Gasteiger partial charge on any atom is -0.396 e. The molecular formula is C15H22F2N2O. The first-order chi connectivity index (χ1) is 9.51. The molecule has 2 N–H and O–H groups in total. The number of unbranched alkanes of at least 4 members (excludes halogenated alkanes) is 2. The second kappa shape index (κ2) is 7.82. The Balaban J connectivity index is 2.95. The number of nitrogens with zero attached hydrogens (tertiary/aromatic N) is 1. The van der Waals surface area contributed by atoms with Crippen LogP contribution in [0.2, 0.25) is 0 Å². The van der Waals surface area contributed by atoms with E-state index in [4.69, 9.17) is 5.73 Å². The van der Waals surface area contributed by atoms with Crippen molar-refractivity contribution in [1.82, 2.24) is 4.90 Å². The van der Waals surface area contributed by atoms with E-state index in [1.807, 2.05) is 13.8 Å². The molecule has 0 unspecified atom stereocenters. The average Bonchev–Trinajstić information content (AvgIpc) is 2.42. The molecule has 0 fully saturated rings. The van der Waals surface area contributed by atoms with E-state index in [2.05, 4.69) is 0 Å². The molecule has 3 nitrogen and oxygen atoms in total. The molecule has 1 amide bonds. The number of hydrogen-bond acceptors (Lipinski definition) is 2. The molecule has 0 saturated carbocycles. The predicted molar refractivity (Wildman–Crippen MR) is 76.5 cm³/mol. The Labute approximate surface area is 118 Å². The largest absolute Gasteiger partial charge is 0.396 e. The van der Waals surface area contributed by atoms with Gasteiger partial charge in [0.15, 0.2) is 0 Å². The molecule has 0 saturated heterocycles. The van der Waals surface area contributed by atoms with E-state index >= 15 is 0 Å². The molecule has 5 heteroatoms. The fourth-order valence-electron chi connectivity index (χ4n) is 1.91. The minimum atomic E-state index is -0.861. The lowest BCUT2D eigenvalue weighted by Gasteiger charge is -2.23. The lowest BCUT2D eigenvalue weighted by atomic mass is 10.1. The summed E-state index contributed by atoms with van der Waals surface area (Å²) in [5.41, 5.74) is 5.05. The van der Waals surface area contributed by atoms with Gasteiger partial charge < -0.3 is 10.6 Å². The van der Waals surface area contributed by atoms with Crippen LogP contribution in [0.5, 0.6) is 0 Å². The molecule has 20 heavy (non-hydrogen) atoms. The molecule has 1 rings (SSSR count). The van der Waals surface area contributed by atoms with Gasteiger partial charge in [0.1, 0.15) is 11.6 Å². The van der Waals surface area contributed by atoms with Crippen LogP contribution in [0.1, 0.15) is 49.9 Å². The van der Waals surface area contributed by atoms with Crippen molar-refractivity contribution in [2.24, 2.45) is 0 Å². The predicted octanol–water partition coefficient (Wildman–Crippen LogP) is 3.59. The number of nitrogens with two attached hydrogens (primary N) is 1. The van der Waals surface area contributed by atoms with Gasteiger partial charge in [0.2, 0.25) is 0 Å². The van der Waals surface area contributed by atoms with Crippen molar-refractivity contribution in [1.29, 1.82) is 0 Å². The van der Waals surface area contributed by atoms with Crippen LogP contribution in [0.4, 0.5) is 14.5 Å². The number of carbonyl (C=O) groups excluding carboxylic acids is 1. The van der Waals surface area contributed by atoms with Gasteiger partial charge in [-0.05, 0) is 18.9 Å². The van der Waals surface area contributed by atoms with Crippen LogP contribution < -0.4 is 5.73 Å². The van der Waals surface area contributed by atoms with E-state index in [9.17, 15) is 13.6 Å². The first-order valence-electron chi connectivity index (χ1n) is 7.05. The van der Waals surface area contributed by atoms with Gasteiger partial charge in [0, 0.05) is 19.2 Å². The monoisotopic (exact) mass is 284 g/mol. The smallest absolute Gasteiger partial charge is 0.256 e. The van der Waals surface area contributed by atoms with Gasteiger partial charge in [-0.15, -0.1) is 0 Å². The van der Waals surface area contributed by atoms with Gasteiger partial charge in [0.05, 0.1) is 11.3 Å². The van der Waals surface area contributed by atoms with Crippen LogP contribution in [0, 0.1) is 11.6 Å². The molecule has 0 aliphatic rings. The van der Waals surface area contributed by atoms with Crippen LogP contribution >= 0.6 is 0 Å². The van der Waals surface area contributed by atoms with E-state index in [0.717, 1.165) is 31.7 Å². The highest BCUT2D eigenvalue weighted by molar-refractivity contribution is 5.95. The maximum Gasteiger partial charge on any atom is 0.256 e. The lowest BCUT2D eigenvalue weighted by molar-refractivity contribution is 0.0746. The Morgan fingerprint density at radius 1 is 1.10 bits per heavy atom. The standard InChI is InChI=1S/C15H22F2N2O/c1-3-5-7-19(8-6-4-2)15(20)11-9-14(18)13(17)10-12(11)16/h9-10H,3-8,18H2,1-2H3. The molecule has 0 aromatic heterocycles. The molecule has 0 bridgehead atoms. The highest BCUT2D eigenvalue weighted by atomic mass is 19.1. The molecule has 0 aliphatic carbocycles. The summed E-state index contributed by atoms with van der Waals surface area (Å²) in [5, 5.41) is 0. The van der Waals surface area contributed by atoms with Crippen LogP contribution in [0.3, 0.4) is 0 Å². The summed E-state index contributed by atoms with van der Waals surface area (Å²) in [6.07, 6.45) is 3.61. The molecule has 0 heterocycles. The minimum absolute atomic E-state index is 0.156. The first-order valence-corrected chi connectivity index (χ1v) is 7.05. The number of benzene rings is 1. The molecule has 1 aromatic rings. The summed E-state index contributed by atoms with van der Waals surface area (Å²) in [5.74, 6) is -2.12. The zero-order valence-corrected chi connectivity index (χ0v) is 12.1. The van der Waals surface area contributed by atoms with Crippen molar-refractivity contribution >= 4 is 11.6 Å². The molecule has 0 aliphatic heterocycles. The van der Waals surface area contributed by atoms with Crippen molar-refractivity contribution < 1.29 is 13.6 Å². The lowest BCUT2D eigenvalue weighted by Crippen LogP contribution is -2.33. The van der Waals surface area contributed by atoms with Crippen molar-refractivity contribution in [2.45, 2.75) is 39.5 Å². The normalized spacial score (nSPS) is 10.6. The quantitative estimate of drug-likeness (QED) is 0.778. The maximum absolute atomic E-state index is 13.7. The summed E-state index contributed by atoms with van der Waals surface area (Å²) < 4.78 is 26.9. The van der Waals surface area contributed by atoms with Crippen molar-refractivity contribution in [3.8, 4) is 0 Å². The summed E-state index contributed by atoms with van der Waals surface area (Å²) >= 11 is 0. The van der Waals surface area contributed by atoms with Crippen molar-refractivity contribution in [3.05, 3.63) is 29.3 Å². The Morgan fingerprint density at radius 2 is 1.65 bits per heavy atom. The van der Waals surface area contributed by atoms with Crippen LogP contribution in [-0.4, -0.2) is 23.9 Å². The third-order valence-electron chi connectivity index (χ3n) is 3.17. The number of hydrogen-bond donors (Lipinski definition) is 1. The summed E-state index contributed by atoms with van der Waals surface area (Å²) in [6.45, 7) is 5.20. The highest BCUT2D eigenvalue weighted by Gasteiger charge is 2.20. The average molecular weight is 284 g/mol. The number of amides is 1. The highest BCUT2D eigenvalue weighted by Crippen LogP contribution is 2.19. The Morgan fingerprint density at radius 3 is 2.15 bits per heavy atom. The van der Waals surface area contributed by atoms with E-state index in [1.54, 1.807) is 4.90 Å². The SMILES string of the molecule is CCCCN(CCCC)C(=O)c1cc(N)c(F)cc1F. The summed E-state index contributed by atoms with van der Waals surface area (Å²) in [4.78, 5) is 14.0. The summed E-state index contributed by atoms with van der Waals surface area (Å²) in [7, 11) is 0. The van der Waals surface area contributed by atoms with E-state index in [0.29, 0.717) is 19.2 Å². The van der Waals surface area contributed by atoms with E-state index in [-0.39, 0.29) is 11.3 Å². The first kappa shape index (κ1) is 16.4. The fraction of sp³-hybridized carbons (Fsp3) is 0.533. The van der Waals surface area contributed by atoms with E-state index in [1.165, 1.54) is 0 Å². The van der Waals surface area contributed by atoms with Crippen LogP contribution in [0.15, 0.2) is 12.1 Å². The Bertz CT molecular complexity index is 455. The Hall–Kier alpha value is -1.65. The van der Waals surface area contributed by atoms with Crippen LogP contribution in [-0.2, 0) is 0 Å². The van der Waals surface area contributed by atoms with Gasteiger partial charge in [-0.2, -0.15) is 0 Å². The second-order valence-corrected chi connectivity index (χ2v) is 4.85. The zero-order chi connectivity index (χ0) is 15.1. The molecule has 0 atom stereocenters. The third-order valence-corrected chi connectivity index (χ3v) is 3.17. The summed E-state index contributed by atoms with van der Waals surface area (Å²) in [6, 6.07) is 1.75. The van der Waals surface area contributed by atoms with Crippen molar-refractivity contribution in [3.63, 3.8) is 0 Å². The Kier molecular flexibility index (Phi) is 6.42. The fourth-order valence-corrected chi connectivity index (χ4v) is 1.91. The van der Waals surface area contributed by atoms with Crippen molar-refractivity contribution in [2.75, 3.05) is 18.8 Å². The topological polar surface area (TPSA) is 46.3 Å². The van der Waals surface area contributed by atoms with Gasteiger partial charge in [0.25, 0.3) is 5.91 Å². The molecule has 0 spiro atoms. The zero-order valence-electron chi connectivity index (χ0n) is 12.1. The van der Waals surface area contributed by atoms with Gasteiger partial charge in [-0.25, -0.2) is 8.78 Å². The maximum atomic E-state index is 13.7. The number of anilines is 1. The van der Waals surface area contributed by atoms with Crippen LogP contribution in [0.25, 0.3) is 0 Å². The molecule has 112 valence electrons. The van der Waals surface area contributed by atoms with Gasteiger partial charge >= 0.3 is 0 Å². The third kappa shape index (κ3) is 4.18. The van der Waals surface area contributed by atoms with Gasteiger partial charge in [-0.1, -0.05) is 26.7 Å².